The fraction of sp³-hybridized carbons (Fsp3) is 0.588. The van der Waals surface area contributed by atoms with Crippen LogP contribution in [0.2, 0.25) is 0 Å². The number of carboxylic acid groups (broad SMARTS) is 1. The molecule has 0 bridgehead atoms. The van der Waals surface area contributed by atoms with Gasteiger partial charge in [0.2, 0.25) is 0 Å². The van der Waals surface area contributed by atoms with Gasteiger partial charge in [0.05, 0.1) is 0 Å². The third kappa shape index (κ3) is 5.71. The lowest BCUT2D eigenvalue weighted by molar-refractivity contribution is -0.138. The highest BCUT2D eigenvalue weighted by molar-refractivity contribution is 7.99. The number of thioether (sulfide) groups is 1. The maximum atomic E-state index is 10.8. The number of rotatable bonds is 7. The van der Waals surface area contributed by atoms with Crippen molar-refractivity contribution in [3.8, 4) is 0 Å². The molecular weight excluding hydrogens is 282 g/mol. The lowest BCUT2D eigenvalue weighted by atomic mass is 9.85. The summed E-state index contributed by atoms with van der Waals surface area (Å²) < 4.78 is 0. The van der Waals surface area contributed by atoms with Crippen molar-refractivity contribution in [2.24, 2.45) is 11.8 Å². The van der Waals surface area contributed by atoms with Crippen LogP contribution in [0.3, 0.4) is 0 Å². The van der Waals surface area contributed by atoms with Crippen molar-refractivity contribution >= 4 is 17.7 Å². The van der Waals surface area contributed by atoms with E-state index in [1.165, 1.54) is 17.7 Å². The highest BCUT2D eigenvalue weighted by Crippen LogP contribution is 2.26. The summed E-state index contributed by atoms with van der Waals surface area (Å²) in [6, 6.07) is 10.5. The predicted octanol–water partition coefficient (Wildman–Crippen LogP) is 3.60. The average molecular weight is 307 g/mol. The number of hydrogen-bond acceptors (Lipinski definition) is 3. The molecular formula is C17H25NO2S. The topological polar surface area (TPSA) is 40.5 Å². The Balaban J connectivity index is 1.72. The van der Waals surface area contributed by atoms with Gasteiger partial charge in [0.15, 0.2) is 0 Å². The number of piperidine rings is 1. The second-order valence-electron chi connectivity index (χ2n) is 5.94. The van der Waals surface area contributed by atoms with E-state index in [0.717, 1.165) is 25.4 Å². The first-order valence-electron chi connectivity index (χ1n) is 7.77. The van der Waals surface area contributed by atoms with Crippen LogP contribution in [0.15, 0.2) is 35.2 Å². The Morgan fingerprint density at radius 2 is 2.19 bits per heavy atom. The largest absolute Gasteiger partial charge is 0.481 e. The van der Waals surface area contributed by atoms with Gasteiger partial charge in [-0.2, -0.15) is 0 Å². The Morgan fingerprint density at radius 1 is 1.43 bits per heavy atom. The van der Waals surface area contributed by atoms with Gasteiger partial charge >= 0.3 is 5.97 Å². The van der Waals surface area contributed by atoms with Crippen LogP contribution < -0.4 is 0 Å². The number of carbonyl (C=O) groups is 1. The summed E-state index contributed by atoms with van der Waals surface area (Å²) in [6.07, 6.45) is 2.68. The van der Waals surface area contributed by atoms with Gasteiger partial charge < -0.3 is 10.0 Å². The summed E-state index contributed by atoms with van der Waals surface area (Å²) in [5, 5.41) is 8.93. The summed E-state index contributed by atoms with van der Waals surface area (Å²) in [4.78, 5) is 14.7. The molecule has 0 amide bonds. The molecule has 0 radical (unpaired) electrons. The van der Waals surface area contributed by atoms with E-state index in [-0.39, 0.29) is 5.92 Å². The van der Waals surface area contributed by atoms with Gasteiger partial charge in [-0.25, -0.2) is 0 Å². The molecule has 1 N–H and O–H groups in total. The molecule has 0 spiro atoms. The average Bonchev–Trinajstić information content (AvgIpc) is 2.48. The van der Waals surface area contributed by atoms with Crippen LogP contribution >= 0.6 is 11.8 Å². The summed E-state index contributed by atoms with van der Waals surface area (Å²) >= 11 is 1.90. The minimum absolute atomic E-state index is 0.284. The lowest BCUT2D eigenvalue weighted by Gasteiger charge is -2.35. The third-order valence-corrected chi connectivity index (χ3v) is 5.25. The number of nitrogens with zero attached hydrogens (tertiary/aromatic N) is 1. The Bertz CT molecular complexity index is 438. The molecule has 2 unspecified atom stereocenters. The number of likely N-dealkylation sites (tertiary alicyclic amines) is 1. The zero-order chi connectivity index (χ0) is 15.1. The lowest BCUT2D eigenvalue weighted by Crippen LogP contribution is -2.39. The van der Waals surface area contributed by atoms with Gasteiger partial charge in [0, 0.05) is 30.2 Å². The molecule has 116 valence electrons. The Morgan fingerprint density at radius 3 is 2.90 bits per heavy atom. The molecule has 2 atom stereocenters. The summed E-state index contributed by atoms with van der Waals surface area (Å²) in [5.41, 5.74) is 0. The van der Waals surface area contributed by atoms with Crippen LogP contribution in [-0.2, 0) is 4.79 Å². The highest BCUT2D eigenvalue weighted by Gasteiger charge is 2.25. The molecule has 1 saturated heterocycles. The first kappa shape index (κ1) is 16.4. The smallest absolute Gasteiger partial charge is 0.303 e. The monoisotopic (exact) mass is 307 g/mol. The van der Waals surface area contributed by atoms with Crippen LogP contribution in [0.25, 0.3) is 0 Å². The van der Waals surface area contributed by atoms with Gasteiger partial charge in [-0.15, -0.1) is 11.8 Å². The maximum Gasteiger partial charge on any atom is 0.303 e. The van der Waals surface area contributed by atoms with Crippen LogP contribution in [0.5, 0.6) is 0 Å². The van der Waals surface area contributed by atoms with Crippen LogP contribution in [0.1, 0.15) is 26.2 Å². The van der Waals surface area contributed by atoms with Crippen molar-refractivity contribution in [3.63, 3.8) is 0 Å². The van der Waals surface area contributed by atoms with Gasteiger partial charge in [0.25, 0.3) is 0 Å². The van der Waals surface area contributed by atoms with Crippen molar-refractivity contribution in [1.82, 2.24) is 4.90 Å². The fourth-order valence-corrected chi connectivity index (χ4v) is 3.95. The van der Waals surface area contributed by atoms with Crippen LogP contribution in [0, 0.1) is 11.8 Å². The second kappa shape index (κ2) is 8.44. The molecule has 21 heavy (non-hydrogen) atoms. The number of benzene rings is 1. The van der Waals surface area contributed by atoms with E-state index in [1.54, 1.807) is 0 Å². The molecule has 1 fully saturated rings. The standard InChI is InChI=1S/C17H25NO2S/c1-14(12-17(19)20)15-6-5-9-18(13-15)10-11-21-16-7-3-2-4-8-16/h2-4,7-8,14-15H,5-6,9-13H2,1H3,(H,19,20). The van der Waals surface area contributed by atoms with Crippen LogP contribution in [-0.4, -0.2) is 41.4 Å². The number of carboxylic acids is 1. The van der Waals surface area contributed by atoms with E-state index in [2.05, 4.69) is 36.1 Å². The van der Waals surface area contributed by atoms with E-state index in [0.29, 0.717) is 12.3 Å². The molecule has 3 nitrogen and oxygen atoms in total. The van der Waals surface area contributed by atoms with Gasteiger partial charge in [-0.1, -0.05) is 25.1 Å². The molecule has 1 heterocycles. The first-order valence-corrected chi connectivity index (χ1v) is 8.75. The summed E-state index contributed by atoms with van der Waals surface area (Å²) in [7, 11) is 0. The molecule has 0 aliphatic carbocycles. The molecule has 1 aromatic rings. The molecule has 2 rings (SSSR count). The quantitative estimate of drug-likeness (QED) is 0.781. The van der Waals surface area contributed by atoms with E-state index in [9.17, 15) is 4.79 Å². The third-order valence-electron chi connectivity index (χ3n) is 4.26. The first-order chi connectivity index (χ1) is 10.1. The predicted molar refractivity (Wildman–Crippen MR) is 87.7 cm³/mol. The minimum Gasteiger partial charge on any atom is -0.481 e. The number of aliphatic carboxylic acids is 1. The Labute approximate surface area is 131 Å². The molecule has 1 aromatic carbocycles. The van der Waals surface area contributed by atoms with E-state index in [1.807, 2.05) is 17.8 Å². The Hall–Kier alpha value is -1.00. The normalized spacial score (nSPS) is 21.1. The van der Waals surface area contributed by atoms with Crippen molar-refractivity contribution < 1.29 is 9.90 Å². The van der Waals surface area contributed by atoms with Gasteiger partial charge in [-0.05, 0) is 43.4 Å². The summed E-state index contributed by atoms with van der Waals surface area (Å²) in [6.45, 7) is 5.40. The van der Waals surface area contributed by atoms with Crippen molar-refractivity contribution in [1.29, 1.82) is 0 Å². The second-order valence-corrected chi connectivity index (χ2v) is 7.11. The van der Waals surface area contributed by atoms with Crippen LogP contribution in [0.4, 0.5) is 0 Å². The fourth-order valence-electron chi connectivity index (χ4n) is 3.01. The highest BCUT2D eigenvalue weighted by atomic mass is 32.2. The molecule has 4 heteroatoms. The molecule has 1 aliphatic rings. The zero-order valence-electron chi connectivity index (χ0n) is 12.7. The van der Waals surface area contributed by atoms with Crippen molar-refractivity contribution in [2.45, 2.75) is 31.1 Å². The van der Waals surface area contributed by atoms with Crippen molar-refractivity contribution in [3.05, 3.63) is 30.3 Å². The summed E-state index contributed by atoms with van der Waals surface area (Å²) in [5.74, 6) is 1.26. The minimum atomic E-state index is -0.667. The maximum absolute atomic E-state index is 10.8. The number of hydrogen-bond donors (Lipinski definition) is 1. The zero-order valence-corrected chi connectivity index (χ0v) is 13.5. The molecule has 0 aromatic heterocycles. The Kier molecular flexibility index (Phi) is 6.58. The molecule has 1 aliphatic heterocycles. The van der Waals surface area contributed by atoms with E-state index < -0.39 is 5.97 Å². The SMILES string of the molecule is CC(CC(=O)O)C1CCCN(CCSc2ccccc2)C1. The van der Waals surface area contributed by atoms with Gasteiger partial charge in [-0.3, -0.25) is 4.79 Å². The van der Waals surface area contributed by atoms with Gasteiger partial charge in [0.1, 0.15) is 0 Å². The van der Waals surface area contributed by atoms with Crippen molar-refractivity contribution in [2.75, 3.05) is 25.4 Å². The van der Waals surface area contributed by atoms with E-state index >= 15 is 0 Å². The molecule has 0 saturated carbocycles. The van der Waals surface area contributed by atoms with E-state index in [4.69, 9.17) is 5.11 Å².